The second kappa shape index (κ2) is 11.0. The van der Waals surface area contributed by atoms with E-state index in [-0.39, 0.29) is 0 Å². The van der Waals surface area contributed by atoms with E-state index in [0.717, 1.165) is 32.2 Å². The summed E-state index contributed by atoms with van der Waals surface area (Å²) in [6.07, 6.45) is 2.54. The SMILES string of the molecule is CCN(CCCCNCC(C)C)C(C)COC. The van der Waals surface area contributed by atoms with Crippen molar-refractivity contribution in [2.45, 2.75) is 46.6 Å². The average molecular weight is 244 g/mol. The van der Waals surface area contributed by atoms with E-state index in [1.165, 1.54) is 19.4 Å². The Bertz CT molecular complexity index is 162. The Balaban J connectivity index is 3.49. The van der Waals surface area contributed by atoms with Crippen molar-refractivity contribution in [1.29, 1.82) is 0 Å². The van der Waals surface area contributed by atoms with Gasteiger partial charge in [-0.3, -0.25) is 4.90 Å². The number of hydrogen-bond donors (Lipinski definition) is 1. The summed E-state index contributed by atoms with van der Waals surface area (Å²) in [5.41, 5.74) is 0. The number of hydrogen-bond acceptors (Lipinski definition) is 3. The van der Waals surface area contributed by atoms with Crippen LogP contribution in [0.3, 0.4) is 0 Å². The normalized spacial score (nSPS) is 13.6. The van der Waals surface area contributed by atoms with Gasteiger partial charge in [0.05, 0.1) is 6.61 Å². The monoisotopic (exact) mass is 244 g/mol. The third-order valence-corrected chi connectivity index (χ3v) is 3.04. The van der Waals surface area contributed by atoms with Crippen LogP contribution in [0.5, 0.6) is 0 Å². The van der Waals surface area contributed by atoms with Crippen molar-refractivity contribution in [1.82, 2.24) is 10.2 Å². The minimum atomic E-state index is 0.536. The molecule has 0 fully saturated rings. The van der Waals surface area contributed by atoms with E-state index in [4.69, 9.17) is 4.74 Å². The molecule has 0 aromatic heterocycles. The van der Waals surface area contributed by atoms with Crippen LogP contribution >= 0.6 is 0 Å². The fourth-order valence-corrected chi connectivity index (χ4v) is 1.99. The van der Waals surface area contributed by atoms with Crippen molar-refractivity contribution in [2.24, 2.45) is 5.92 Å². The van der Waals surface area contributed by atoms with Gasteiger partial charge in [-0.15, -0.1) is 0 Å². The molecule has 0 heterocycles. The van der Waals surface area contributed by atoms with Crippen LogP contribution in [0.15, 0.2) is 0 Å². The molecule has 104 valence electrons. The maximum Gasteiger partial charge on any atom is 0.0615 e. The Morgan fingerprint density at radius 3 is 2.41 bits per heavy atom. The summed E-state index contributed by atoms with van der Waals surface area (Å²) < 4.78 is 5.20. The van der Waals surface area contributed by atoms with Crippen LogP contribution in [0.1, 0.15) is 40.5 Å². The molecule has 0 spiro atoms. The molecule has 0 bridgehead atoms. The predicted molar refractivity (Wildman–Crippen MR) is 75.5 cm³/mol. The second-order valence-corrected chi connectivity index (χ2v) is 5.24. The van der Waals surface area contributed by atoms with Gasteiger partial charge < -0.3 is 10.1 Å². The van der Waals surface area contributed by atoms with Gasteiger partial charge in [-0.05, 0) is 51.9 Å². The quantitative estimate of drug-likeness (QED) is 0.565. The van der Waals surface area contributed by atoms with Crippen molar-refractivity contribution in [3.8, 4) is 0 Å². The van der Waals surface area contributed by atoms with E-state index in [0.29, 0.717) is 6.04 Å². The van der Waals surface area contributed by atoms with Crippen LogP contribution in [0.25, 0.3) is 0 Å². The molecule has 0 aliphatic heterocycles. The Morgan fingerprint density at radius 1 is 1.18 bits per heavy atom. The lowest BCUT2D eigenvalue weighted by Crippen LogP contribution is -2.37. The number of nitrogens with one attached hydrogen (secondary N) is 1. The standard InChI is InChI=1S/C14H32N2O/c1-6-16(14(4)12-17-5)10-8-7-9-15-11-13(2)3/h13-15H,6-12H2,1-5H3. The molecule has 0 rings (SSSR count). The minimum absolute atomic E-state index is 0.536. The highest BCUT2D eigenvalue weighted by Crippen LogP contribution is 2.02. The van der Waals surface area contributed by atoms with Crippen molar-refractivity contribution < 1.29 is 4.74 Å². The van der Waals surface area contributed by atoms with Crippen molar-refractivity contribution in [3.05, 3.63) is 0 Å². The molecule has 3 nitrogen and oxygen atoms in total. The lowest BCUT2D eigenvalue weighted by atomic mass is 10.2. The molecule has 0 aliphatic rings. The molecule has 0 amide bonds. The summed E-state index contributed by atoms with van der Waals surface area (Å²) in [5.74, 6) is 0.754. The van der Waals surface area contributed by atoms with E-state index in [9.17, 15) is 0 Å². The molecule has 1 unspecified atom stereocenters. The molecular formula is C14H32N2O. The van der Waals surface area contributed by atoms with Gasteiger partial charge >= 0.3 is 0 Å². The zero-order chi connectivity index (χ0) is 13.1. The third kappa shape index (κ3) is 9.57. The van der Waals surface area contributed by atoms with Gasteiger partial charge in [-0.2, -0.15) is 0 Å². The molecular weight excluding hydrogens is 212 g/mol. The zero-order valence-electron chi connectivity index (χ0n) is 12.5. The second-order valence-electron chi connectivity index (χ2n) is 5.24. The number of ether oxygens (including phenoxy) is 1. The number of likely N-dealkylation sites (N-methyl/N-ethyl adjacent to an activating group) is 1. The van der Waals surface area contributed by atoms with Crippen LogP contribution in [0.4, 0.5) is 0 Å². The molecule has 0 aromatic rings. The largest absolute Gasteiger partial charge is 0.383 e. The number of nitrogens with zero attached hydrogens (tertiary/aromatic N) is 1. The number of unbranched alkanes of at least 4 members (excludes halogenated alkanes) is 1. The molecule has 0 aliphatic carbocycles. The van der Waals surface area contributed by atoms with Crippen LogP contribution < -0.4 is 5.32 Å². The maximum absolute atomic E-state index is 5.20. The van der Waals surface area contributed by atoms with E-state index < -0.39 is 0 Å². The zero-order valence-corrected chi connectivity index (χ0v) is 12.5. The van der Waals surface area contributed by atoms with Crippen LogP contribution in [-0.4, -0.2) is 50.8 Å². The van der Waals surface area contributed by atoms with Gasteiger partial charge in [0.15, 0.2) is 0 Å². The minimum Gasteiger partial charge on any atom is -0.383 e. The maximum atomic E-state index is 5.20. The molecule has 1 N–H and O–H groups in total. The van der Waals surface area contributed by atoms with E-state index in [1.54, 1.807) is 7.11 Å². The van der Waals surface area contributed by atoms with Gasteiger partial charge in [0.25, 0.3) is 0 Å². The van der Waals surface area contributed by atoms with Crippen molar-refractivity contribution in [2.75, 3.05) is 39.9 Å². The number of rotatable bonds is 11. The summed E-state index contributed by atoms with van der Waals surface area (Å²) in [6.45, 7) is 14.4. The van der Waals surface area contributed by atoms with E-state index >= 15 is 0 Å². The first-order chi connectivity index (χ1) is 8.11. The predicted octanol–water partition coefficient (Wildman–Crippen LogP) is 2.37. The Hall–Kier alpha value is -0.120. The summed E-state index contributed by atoms with van der Waals surface area (Å²) >= 11 is 0. The highest BCUT2D eigenvalue weighted by Gasteiger charge is 2.10. The molecule has 17 heavy (non-hydrogen) atoms. The summed E-state index contributed by atoms with van der Waals surface area (Å²) in [4.78, 5) is 2.49. The van der Waals surface area contributed by atoms with Gasteiger partial charge in [0.1, 0.15) is 0 Å². The fourth-order valence-electron chi connectivity index (χ4n) is 1.99. The summed E-state index contributed by atoms with van der Waals surface area (Å²) in [5, 5.41) is 3.49. The smallest absolute Gasteiger partial charge is 0.0615 e. The van der Waals surface area contributed by atoms with Crippen LogP contribution in [0, 0.1) is 5.92 Å². The van der Waals surface area contributed by atoms with E-state index in [1.807, 2.05) is 0 Å². The van der Waals surface area contributed by atoms with Crippen molar-refractivity contribution in [3.63, 3.8) is 0 Å². The van der Waals surface area contributed by atoms with Gasteiger partial charge in [0, 0.05) is 13.2 Å². The Morgan fingerprint density at radius 2 is 1.88 bits per heavy atom. The van der Waals surface area contributed by atoms with Gasteiger partial charge in [-0.25, -0.2) is 0 Å². The highest BCUT2D eigenvalue weighted by molar-refractivity contribution is 4.65. The molecule has 0 radical (unpaired) electrons. The molecule has 0 saturated heterocycles. The number of methoxy groups -OCH3 is 1. The highest BCUT2D eigenvalue weighted by atomic mass is 16.5. The Labute approximate surface area is 108 Å². The lowest BCUT2D eigenvalue weighted by molar-refractivity contribution is 0.101. The molecule has 0 aromatic carbocycles. The fraction of sp³-hybridized carbons (Fsp3) is 1.00. The average Bonchev–Trinajstić information content (AvgIpc) is 2.28. The van der Waals surface area contributed by atoms with Crippen molar-refractivity contribution >= 4 is 0 Å². The van der Waals surface area contributed by atoms with E-state index in [2.05, 4.69) is 37.9 Å². The molecule has 3 heteroatoms. The lowest BCUT2D eigenvalue weighted by Gasteiger charge is -2.27. The molecule has 1 atom stereocenters. The first-order valence-corrected chi connectivity index (χ1v) is 7.05. The molecule has 0 saturated carbocycles. The Kier molecular flexibility index (Phi) is 10.9. The summed E-state index contributed by atoms with van der Waals surface area (Å²) in [7, 11) is 1.78. The topological polar surface area (TPSA) is 24.5 Å². The third-order valence-electron chi connectivity index (χ3n) is 3.04. The first kappa shape index (κ1) is 16.9. The summed E-state index contributed by atoms with van der Waals surface area (Å²) in [6, 6.07) is 0.536. The van der Waals surface area contributed by atoms with Gasteiger partial charge in [0.2, 0.25) is 0 Å². The van der Waals surface area contributed by atoms with Crippen LogP contribution in [0.2, 0.25) is 0 Å². The van der Waals surface area contributed by atoms with Gasteiger partial charge in [-0.1, -0.05) is 20.8 Å². The first-order valence-electron chi connectivity index (χ1n) is 7.05. The van der Waals surface area contributed by atoms with Crippen LogP contribution in [-0.2, 0) is 4.74 Å².